The van der Waals surface area contributed by atoms with Crippen molar-refractivity contribution in [2.75, 3.05) is 0 Å². The maximum Gasteiger partial charge on any atom is 0.335 e. The highest BCUT2D eigenvalue weighted by atomic mass is 16.4. The summed E-state index contributed by atoms with van der Waals surface area (Å²) < 4.78 is 5.83. The van der Waals surface area contributed by atoms with Crippen LogP contribution in [0.15, 0.2) is 94.4 Å². The van der Waals surface area contributed by atoms with Gasteiger partial charge >= 0.3 is 5.97 Å². The molecule has 1 N–H and O–H groups in total. The fraction of sp³-hybridized carbons (Fsp3) is 0.133. The molecular weight excluding hydrogens is 468 g/mol. The quantitative estimate of drug-likeness (QED) is 0.326. The second-order valence-electron chi connectivity index (χ2n) is 9.58. The number of carbonyl (C=O) groups is 3. The van der Waals surface area contributed by atoms with Gasteiger partial charge in [0.25, 0.3) is 11.8 Å². The van der Waals surface area contributed by atoms with Gasteiger partial charge in [-0.2, -0.15) is 10.1 Å². The maximum atomic E-state index is 13.6. The number of hydrogen-bond donors (Lipinski definition) is 1. The molecule has 37 heavy (non-hydrogen) atoms. The van der Waals surface area contributed by atoms with E-state index >= 15 is 0 Å². The molecule has 3 aliphatic carbocycles. The van der Waals surface area contributed by atoms with Crippen LogP contribution in [0.1, 0.15) is 50.2 Å². The number of amides is 2. The second-order valence-corrected chi connectivity index (χ2v) is 9.58. The molecule has 0 spiro atoms. The Kier molecular flexibility index (Phi) is 4.57. The van der Waals surface area contributed by atoms with Crippen molar-refractivity contribution in [3.8, 4) is 11.3 Å². The summed E-state index contributed by atoms with van der Waals surface area (Å²) in [5.41, 5.74) is 5.35. The number of imide groups is 1. The fourth-order valence-corrected chi connectivity index (χ4v) is 6.24. The first-order valence-corrected chi connectivity index (χ1v) is 12.1. The Morgan fingerprint density at radius 2 is 1.27 bits per heavy atom. The van der Waals surface area contributed by atoms with E-state index < -0.39 is 17.8 Å². The minimum absolute atomic E-state index is 0.178. The van der Waals surface area contributed by atoms with Gasteiger partial charge in [-0.3, -0.25) is 9.59 Å². The highest BCUT2D eigenvalue weighted by Gasteiger charge is 2.61. The highest BCUT2D eigenvalue weighted by molar-refractivity contribution is 6.08. The predicted molar refractivity (Wildman–Crippen MR) is 134 cm³/mol. The first-order chi connectivity index (χ1) is 18.0. The molecule has 1 aromatic heterocycles. The third-order valence-corrected chi connectivity index (χ3v) is 7.77. The topological polar surface area (TPSA) is 100 Å². The Balaban J connectivity index is 1.20. The summed E-state index contributed by atoms with van der Waals surface area (Å²) in [5, 5.41) is 14.4. The van der Waals surface area contributed by atoms with Crippen molar-refractivity contribution in [1.29, 1.82) is 0 Å². The van der Waals surface area contributed by atoms with Crippen molar-refractivity contribution < 1.29 is 23.9 Å². The Morgan fingerprint density at radius 3 is 1.76 bits per heavy atom. The van der Waals surface area contributed by atoms with Crippen LogP contribution in [0.4, 0.5) is 0 Å². The minimum atomic E-state index is -1.00. The minimum Gasteiger partial charge on any atom is -0.478 e. The lowest BCUT2D eigenvalue weighted by Crippen LogP contribution is -2.41. The van der Waals surface area contributed by atoms with Gasteiger partial charge in [0.05, 0.1) is 23.6 Å². The molecular formula is C30H20N2O5. The van der Waals surface area contributed by atoms with Crippen LogP contribution >= 0.6 is 0 Å². The van der Waals surface area contributed by atoms with Gasteiger partial charge in [-0.05, 0) is 46.5 Å². The van der Waals surface area contributed by atoms with Crippen molar-refractivity contribution in [3.05, 3.63) is 119 Å². The lowest BCUT2D eigenvalue weighted by Gasteiger charge is -2.45. The van der Waals surface area contributed by atoms with E-state index in [1.54, 1.807) is 24.3 Å². The van der Waals surface area contributed by atoms with Crippen LogP contribution in [0.25, 0.3) is 11.3 Å². The molecule has 0 saturated carbocycles. The molecule has 8 rings (SSSR count). The molecule has 0 unspecified atom stereocenters. The van der Waals surface area contributed by atoms with Gasteiger partial charge in [-0.25, -0.2) is 4.79 Å². The molecule has 0 radical (unpaired) electrons. The number of hydrogen-bond acceptors (Lipinski definition) is 5. The van der Waals surface area contributed by atoms with Gasteiger partial charge in [0.1, 0.15) is 11.5 Å². The maximum absolute atomic E-state index is 13.6. The third-order valence-electron chi connectivity index (χ3n) is 7.77. The summed E-state index contributed by atoms with van der Waals surface area (Å²) >= 11 is 0. The molecule has 4 aromatic rings. The zero-order valence-electron chi connectivity index (χ0n) is 19.4. The summed E-state index contributed by atoms with van der Waals surface area (Å²) in [6.45, 7) is 0. The summed E-state index contributed by atoms with van der Waals surface area (Å²) in [5.74, 6) is -2.01. The van der Waals surface area contributed by atoms with E-state index in [0.717, 1.165) is 27.3 Å². The Labute approximate surface area is 211 Å². The van der Waals surface area contributed by atoms with Crippen molar-refractivity contribution in [2.24, 2.45) is 16.9 Å². The van der Waals surface area contributed by atoms with Crippen LogP contribution in [0, 0.1) is 11.8 Å². The number of carboxylic acids is 1. The van der Waals surface area contributed by atoms with E-state index in [1.807, 2.05) is 24.3 Å². The number of aromatic carboxylic acids is 1. The molecule has 2 bridgehead atoms. The zero-order valence-corrected chi connectivity index (χ0v) is 19.4. The molecule has 4 aliphatic rings. The van der Waals surface area contributed by atoms with Gasteiger partial charge in [0.15, 0.2) is 0 Å². The summed E-state index contributed by atoms with van der Waals surface area (Å²) in [6.07, 6.45) is 1.38. The third kappa shape index (κ3) is 3.07. The van der Waals surface area contributed by atoms with E-state index in [9.17, 15) is 14.4 Å². The van der Waals surface area contributed by atoms with Gasteiger partial charge in [0.2, 0.25) is 0 Å². The number of rotatable bonds is 4. The predicted octanol–water partition coefficient (Wildman–Crippen LogP) is 4.87. The van der Waals surface area contributed by atoms with Gasteiger partial charge in [-0.1, -0.05) is 60.7 Å². The van der Waals surface area contributed by atoms with Crippen LogP contribution in [0.2, 0.25) is 0 Å². The molecule has 2 heterocycles. The number of hydrazone groups is 1. The first kappa shape index (κ1) is 21.5. The summed E-state index contributed by atoms with van der Waals surface area (Å²) in [4.78, 5) is 38.3. The van der Waals surface area contributed by atoms with E-state index in [2.05, 4.69) is 29.4 Å². The Bertz CT molecular complexity index is 1520. The van der Waals surface area contributed by atoms with Crippen LogP contribution in [-0.2, 0) is 9.59 Å². The van der Waals surface area contributed by atoms with Crippen molar-refractivity contribution in [2.45, 2.75) is 11.8 Å². The molecule has 2 amide bonds. The number of carbonyl (C=O) groups excluding carboxylic acids is 2. The van der Waals surface area contributed by atoms with Crippen LogP contribution in [-0.4, -0.2) is 34.1 Å². The average Bonchev–Trinajstić information content (AvgIpc) is 3.50. The standard InChI is InChI=1S/C30H20N2O5/c33-28-26-24-19-5-1-2-6-20(19)25(22-8-4-3-7-21(22)24)27(26)29(34)32(28)31-15-18-13-14-23(37-18)16-9-11-17(12-10-16)30(35)36/h1-15,24-27H,(H,35,36)/b31-15-/t24?,25?,26-,27+. The smallest absolute Gasteiger partial charge is 0.335 e. The monoisotopic (exact) mass is 488 g/mol. The van der Waals surface area contributed by atoms with Crippen molar-refractivity contribution in [1.82, 2.24) is 5.01 Å². The van der Waals surface area contributed by atoms with E-state index in [4.69, 9.17) is 9.52 Å². The van der Waals surface area contributed by atoms with Crippen molar-refractivity contribution in [3.63, 3.8) is 0 Å². The Hall–Kier alpha value is -4.78. The van der Waals surface area contributed by atoms with Crippen LogP contribution in [0.5, 0.6) is 0 Å². The average molecular weight is 488 g/mol. The molecule has 180 valence electrons. The van der Waals surface area contributed by atoms with Gasteiger partial charge < -0.3 is 9.52 Å². The SMILES string of the molecule is O=C(O)c1ccc(-c2ccc(/C=N\N3C(=O)[C@@H]4C5c6ccccc6C(c6ccccc65)[C@@H]4C3=O)o2)cc1. The van der Waals surface area contributed by atoms with Gasteiger partial charge in [0, 0.05) is 17.4 Å². The lowest BCUT2D eigenvalue weighted by atomic mass is 9.55. The van der Waals surface area contributed by atoms with E-state index in [-0.39, 0.29) is 29.2 Å². The highest BCUT2D eigenvalue weighted by Crippen LogP contribution is 2.60. The molecule has 1 aliphatic heterocycles. The molecule has 1 fully saturated rings. The lowest BCUT2D eigenvalue weighted by molar-refractivity contribution is -0.139. The molecule has 7 nitrogen and oxygen atoms in total. The molecule has 1 saturated heterocycles. The molecule has 2 atom stereocenters. The zero-order chi connectivity index (χ0) is 25.3. The summed E-state index contributed by atoms with van der Waals surface area (Å²) in [6, 6.07) is 25.9. The Morgan fingerprint density at radius 1 is 0.757 bits per heavy atom. The largest absolute Gasteiger partial charge is 0.478 e. The number of furan rings is 1. The number of nitrogens with zero attached hydrogens (tertiary/aromatic N) is 2. The van der Waals surface area contributed by atoms with Gasteiger partial charge in [-0.15, -0.1) is 0 Å². The number of benzene rings is 3. The second kappa shape index (κ2) is 7.86. The molecule has 7 heteroatoms. The molecule has 3 aromatic carbocycles. The first-order valence-electron chi connectivity index (χ1n) is 12.1. The van der Waals surface area contributed by atoms with E-state index in [0.29, 0.717) is 17.1 Å². The summed E-state index contributed by atoms with van der Waals surface area (Å²) in [7, 11) is 0. The normalized spacial score (nSPS) is 23.3. The van der Waals surface area contributed by atoms with E-state index in [1.165, 1.54) is 18.3 Å². The van der Waals surface area contributed by atoms with Crippen molar-refractivity contribution >= 4 is 24.0 Å². The van der Waals surface area contributed by atoms with Crippen LogP contribution < -0.4 is 0 Å². The number of carboxylic acid groups (broad SMARTS) is 1. The fourth-order valence-electron chi connectivity index (χ4n) is 6.24. The van der Waals surface area contributed by atoms with Crippen LogP contribution in [0.3, 0.4) is 0 Å².